The van der Waals surface area contributed by atoms with Crippen LogP contribution in [-0.2, 0) is 10.0 Å². The summed E-state index contributed by atoms with van der Waals surface area (Å²) >= 11 is 0. The molecule has 1 aromatic carbocycles. The van der Waals surface area contributed by atoms with Crippen LogP contribution in [0.25, 0.3) is 0 Å². The zero-order chi connectivity index (χ0) is 26.5. The molecule has 36 heavy (non-hydrogen) atoms. The lowest BCUT2D eigenvalue weighted by molar-refractivity contribution is 0.0563. The fourth-order valence-corrected chi connectivity index (χ4v) is 5.77. The molecule has 0 saturated heterocycles. The molecule has 0 fully saturated rings. The lowest BCUT2D eigenvalue weighted by atomic mass is 10.0. The molecule has 9 heteroatoms. The van der Waals surface area contributed by atoms with Gasteiger partial charge in [-0.25, -0.2) is 8.42 Å². The Kier molecular flexibility index (Phi) is 9.12. The van der Waals surface area contributed by atoms with Crippen LogP contribution in [0.2, 0.25) is 0 Å². The Morgan fingerprint density at radius 3 is 2.58 bits per heavy atom. The van der Waals surface area contributed by atoms with Crippen molar-refractivity contribution in [3.8, 4) is 17.6 Å². The normalized spacial score (nSPS) is 20.2. The van der Waals surface area contributed by atoms with Crippen molar-refractivity contribution in [2.75, 3.05) is 26.7 Å². The van der Waals surface area contributed by atoms with E-state index in [0.29, 0.717) is 17.0 Å². The zero-order valence-electron chi connectivity index (χ0n) is 21.5. The van der Waals surface area contributed by atoms with Crippen molar-refractivity contribution in [2.24, 2.45) is 11.8 Å². The van der Waals surface area contributed by atoms with Crippen molar-refractivity contribution in [1.29, 1.82) is 0 Å². The minimum atomic E-state index is -3.94. The molecule has 1 amide bonds. The first-order valence-electron chi connectivity index (χ1n) is 12.1. The van der Waals surface area contributed by atoms with Crippen LogP contribution in [-0.4, -0.2) is 72.5 Å². The molecule has 2 aromatic rings. The Bertz CT molecular complexity index is 1220. The molecular weight excluding hydrogens is 478 g/mol. The Hall–Kier alpha value is -2.93. The quantitative estimate of drug-likeness (QED) is 0.596. The predicted octanol–water partition coefficient (Wildman–Crippen LogP) is 3.02. The Balaban J connectivity index is 2.00. The van der Waals surface area contributed by atoms with Gasteiger partial charge in [0, 0.05) is 55.5 Å². The van der Waals surface area contributed by atoms with E-state index in [4.69, 9.17) is 4.74 Å². The van der Waals surface area contributed by atoms with Crippen LogP contribution in [0.3, 0.4) is 0 Å². The molecule has 0 spiro atoms. The molecule has 1 aliphatic rings. The van der Waals surface area contributed by atoms with Gasteiger partial charge in [-0.3, -0.25) is 9.78 Å². The number of ether oxygens (including phenoxy) is 1. The van der Waals surface area contributed by atoms with Crippen LogP contribution in [0.5, 0.6) is 5.75 Å². The number of aromatic nitrogens is 1. The third-order valence-electron chi connectivity index (χ3n) is 6.14. The molecule has 1 N–H and O–H groups in total. The second kappa shape index (κ2) is 11.9. The van der Waals surface area contributed by atoms with Gasteiger partial charge >= 0.3 is 0 Å². The van der Waals surface area contributed by atoms with Gasteiger partial charge in [0.2, 0.25) is 10.0 Å². The maximum Gasteiger partial charge on any atom is 0.253 e. The topological polar surface area (TPSA) is 100 Å². The summed E-state index contributed by atoms with van der Waals surface area (Å²) in [6.07, 6.45) is 3.35. The number of hydrogen-bond donors (Lipinski definition) is 1. The second-order valence-corrected chi connectivity index (χ2v) is 11.6. The first-order chi connectivity index (χ1) is 17.0. The minimum absolute atomic E-state index is 0.0252. The van der Waals surface area contributed by atoms with Crippen LogP contribution in [0.1, 0.15) is 50.0 Å². The molecule has 0 bridgehead atoms. The number of hydrogen-bond acceptors (Lipinski definition) is 6. The average molecular weight is 514 g/mol. The first-order valence-corrected chi connectivity index (χ1v) is 13.6. The highest BCUT2D eigenvalue weighted by Gasteiger charge is 2.38. The molecule has 1 aromatic heterocycles. The summed E-state index contributed by atoms with van der Waals surface area (Å²) in [5.74, 6) is 6.38. The van der Waals surface area contributed by atoms with Crippen LogP contribution < -0.4 is 4.74 Å². The van der Waals surface area contributed by atoms with Crippen molar-refractivity contribution in [2.45, 2.75) is 51.2 Å². The summed E-state index contributed by atoms with van der Waals surface area (Å²) < 4.78 is 34.8. The number of pyridine rings is 1. The molecule has 0 aliphatic carbocycles. The van der Waals surface area contributed by atoms with Crippen LogP contribution >= 0.6 is 0 Å². The summed E-state index contributed by atoms with van der Waals surface area (Å²) in [4.78, 5) is 18.5. The summed E-state index contributed by atoms with van der Waals surface area (Å²) in [5, 5.41) is 9.80. The number of carbonyl (C=O) groups is 1. The third-order valence-corrected chi connectivity index (χ3v) is 8.16. The lowest BCUT2D eigenvalue weighted by Gasteiger charge is -2.37. The van der Waals surface area contributed by atoms with E-state index in [9.17, 15) is 18.3 Å². The van der Waals surface area contributed by atoms with Gasteiger partial charge in [0.1, 0.15) is 16.7 Å². The van der Waals surface area contributed by atoms with E-state index < -0.39 is 22.2 Å². The van der Waals surface area contributed by atoms with Crippen molar-refractivity contribution < 1.29 is 23.1 Å². The Labute approximate surface area is 214 Å². The highest BCUT2D eigenvalue weighted by atomic mass is 32.2. The number of rotatable bonds is 6. The summed E-state index contributed by atoms with van der Waals surface area (Å²) in [7, 11) is -2.24. The number of sulfonamides is 1. The summed E-state index contributed by atoms with van der Waals surface area (Å²) in [6.45, 7) is 7.79. The maximum absolute atomic E-state index is 13.6. The van der Waals surface area contributed by atoms with Crippen LogP contribution in [0, 0.1) is 23.7 Å². The fourth-order valence-electron chi connectivity index (χ4n) is 3.95. The second-order valence-electron chi connectivity index (χ2n) is 9.72. The van der Waals surface area contributed by atoms with Gasteiger partial charge in [-0.15, -0.1) is 0 Å². The number of aliphatic hydroxyl groups excluding tert-OH is 1. The Morgan fingerprint density at radius 1 is 1.25 bits per heavy atom. The maximum atomic E-state index is 13.6. The number of nitrogens with zero attached hydrogens (tertiary/aromatic N) is 3. The van der Waals surface area contributed by atoms with Gasteiger partial charge in [0.25, 0.3) is 5.91 Å². The fraction of sp³-hybridized carbons (Fsp3) is 0.481. The number of benzene rings is 1. The molecule has 8 nitrogen and oxygen atoms in total. The monoisotopic (exact) mass is 513 g/mol. The van der Waals surface area contributed by atoms with Gasteiger partial charge in [-0.05, 0) is 43.2 Å². The zero-order valence-corrected chi connectivity index (χ0v) is 22.3. The van der Waals surface area contributed by atoms with Crippen molar-refractivity contribution in [1.82, 2.24) is 14.2 Å². The van der Waals surface area contributed by atoms with Crippen LogP contribution in [0.4, 0.5) is 0 Å². The molecule has 2 heterocycles. The molecule has 1 aliphatic heterocycles. The van der Waals surface area contributed by atoms with E-state index in [2.05, 4.69) is 30.7 Å². The van der Waals surface area contributed by atoms with Crippen molar-refractivity contribution in [3.63, 3.8) is 0 Å². The number of fused-ring (bicyclic) bond motifs is 1. The largest absolute Gasteiger partial charge is 0.487 e. The number of amides is 1. The SMILES string of the molecule is CC(C)CC#Cc1ccc2c(c1)O[C@@H](CN(C)C(=O)c1ccncc1)[C@H](C)CN([C@@H](C)CO)S2(=O)=O. The standard InChI is InChI=1S/C27H35N3O5S/c1-19(2)7-6-8-22-9-10-26-24(15-22)35-25(17-29(5)27(32)23-11-13-28-14-12-23)20(3)16-30(21(4)18-31)36(26,33)34/h9-15,19-21,25,31H,7,16-18H2,1-5H3/t20-,21+,25+/m1/s1. The third kappa shape index (κ3) is 6.44. The number of aliphatic hydroxyl groups is 1. The predicted molar refractivity (Wildman–Crippen MR) is 138 cm³/mol. The van der Waals surface area contributed by atoms with E-state index in [-0.39, 0.29) is 42.2 Å². The summed E-state index contributed by atoms with van der Waals surface area (Å²) in [5.41, 5.74) is 1.16. The van der Waals surface area contributed by atoms with Crippen molar-refractivity contribution >= 4 is 15.9 Å². The summed E-state index contributed by atoms with van der Waals surface area (Å²) in [6, 6.07) is 7.52. The van der Waals surface area contributed by atoms with E-state index in [1.165, 1.54) is 10.4 Å². The number of carbonyl (C=O) groups excluding carboxylic acids is 1. The molecule has 194 valence electrons. The molecule has 0 radical (unpaired) electrons. The van der Waals surface area contributed by atoms with Gasteiger partial charge in [-0.1, -0.05) is 32.6 Å². The van der Waals surface area contributed by atoms with Gasteiger partial charge in [0.05, 0.1) is 13.2 Å². The smallest absolute Gasteiger partial charge is 0.253 e. The van der Waals surface area contributed by atoms with Gasteiger partial charge in [-0.2, -0.15) is 4.31 Å². The van der Waals surface area contributed by atoms with Gasteiger partial charge in [0.15, 0.2) is 0 Å². The van der Waals surface area contributed by atoms with E-state index in [0.717, 1.165) is 6.42 Å². The highest BCUT2D eigenvalue weighted by Crippen LogP contribution is 2.34. The lowest BCUT2D eigenvalue weighted by Crippen LogP contribution is -2.50. The van der Waals surface area contributed by atoms with Gasteiger partial charge < -0.3 is 14.7 Å². The number of likely N-dealkylation sites (N-methyl/N-ethyl adjacent to an activating group) is 1. The highest BCUT2D eigenvalue weighted by molar-refractivity contribution is 7.89. The molecule has 0 unspecified atom stereocenters. The van der Waals surface area contributed by atoms with E-state index in [1.807, 2.05) is 6.92 Å². The molecular formula is C27H35N3O5S. The average Bonchev–Trinajstić information content (AvgIpc) is 2.85. The van der Waals surface area contributed by atoms with E-state index >= 15 is 0 Å². The molecule has 0 saturated carbocycles. The van der Waals surface area contributed by atoms with Crippen LogP contribution in [0.15, 0.2) is 47.6 Å². The van der Waals surface area contributed by atoms with Crippen molar-refractivity contribution in [3.05, 3.63) is 53.9 Å². The van der Waals surface area contributed by atoms with E-state index in [1.54, 1.807) is 55.5 Å². The molecule has 3 rings (SSSR count). The molecule has 3 atom stereocenters. The minimum Gasteiger partial charge on any atom is -0.487 e. The first kappa shape index (κ1) is 27.7. The Morgan fingerprint density at radius 2 is 1.94 bits per heavy atom.